The van der Waals surface area contributed by atoms with Gasteiger partial charge in [0.05, 0.1) is 11.7 Å². The number of aromatic nitrogens is 1. The normalized spacial score (nSPS) is 18.2. The van der Waals surface area contributed by atoms with E-state index in [1.807, 2.05) is 6.07 Å². The van der Waals surface area contributed by atoms with Crippen molar-refractivity contribution in [2.24, 2.45) is 0 Å². The molecule has 116 valence electrons. The Balaban J connectivity index is 1.83. The van der Waals surface area contributed by atoms with Crippen LogP contribution in [0, 0.1) is 5.82 Å². The molecule has 1 amide bonds. The summed E-state index contributed by atoms with van der Waals surface area (Å²) in [5.74, 6) is 0.591. The van der Waals surface area contributed by atoms with E-state index in [1.165, 1.54) is 24.3 Å². The van der Waals surface area contributed by atoms with E-state index in [0.29, 0.717) is 18.0 Å². The number of nitrogens with zero attached hydrogens (tertiary/aromatic N) is 2. The van der Waals surface area contributed by atoms with Gasteiger partial charge in [0, 0.05) is 18.2 Å². The summed E-state index contributed by atoms with van der Waals surface area (Å²) in [5, 5.41) is 4.08. The summed E-state index contributed by atoms with van der Waals surface area (Å²) in [5.41, 5.74) is 1.40. The molecule has 0 radical (unpaired) electrons. The van der Waals surface area contributed by atoms with E-state index >= 15 is 0 Å². The van der Waals surface area contributed by atoms with Gasteiger partial charge in [0.2, 0.25) is 0 Å². The molecule has 5 heteroatoms. The van der Waals surface area contributed by atoms with E-state index in [4.69, 9.17) is 4.52 Å². The van der Waals surface area contributed by atoms with E-state index < -0.39 is 0 Å². The van der Waals surface area contributed by atoms with Crippen LogP contribution in [0.1, 0.15) is 60.5 Å². The third-order valence-electron chi connectivity index (χ3n) is 4.07. The lowest BCUT2D eigenvalue weighted by Gasteiger charge is -2.22. The largest absolute Gasteiger partial charge is 0.359 e. The average molecular weight is 302 g/mol. The highest BCUT2D eigenvalue weighted by Crippen LogP contribution is 2.34. The molecule has 2 heterocycles. The fourth-order valence-corrected chi connectivity index (χ4v) is 2.80. The summed E-state index contributed by atoms with van der Waals surface area (Å²) in [6, 6.07) is 7.51. The highest BCUT2D eigenvalue weighted by molar-refractivity contribution is 5.94. The molecule has 1 aromatic carbocycles. The van der Waals surface area contributed by atoms with Crippen molar-refractivity contribution in [2.75, 3.05) is 6.54 Å². The molecule has 1 aliphatic rings. The second-order valence-electron chi connectivity index (χ2n) is 5.97. The van der Waals surface area contributed by atoms with Gasteiger partial charge in [-0.05, 0) is 43.0 Å². The van der Waals surface area contributed by atoms with Crippen LogP contribution >= 0.6 is 0 Å². The first-order valence-electron chi connectivity index (χ1n) is 7.59. The highest BCUT2D eigenvalue weighted by Gasteiger charge is 2.33. The number of hydrogen-bond donors (Lipinski definition) is 0. The Kier molecular flexibility index (Phi) is 3.96. The van der Waals surface area contributed by atoms with Crippen molar-refractivity contribution in [3.05, 3.63) is 53.2 Å². The summed E-state index contributed by atoms with van der Waals surface area (Å²) in [4.78, 5) is 14.4. The molecule has 2 aromatic rings. The Bertz CT molecular complexity index is 664. The number of likely N-dealkylation sites (tertiary alicyclic amines) is 1. The second kappa shape index (κ2) is 5.91. The first kappa shape index (κ1) is 14.8. The number of benzene rings is 1. The van der Waals surface area contributed by atoms with E-state index in [-0.39, 0.29) is 17.8 Å². The minimum absolute atomic E-state index is 0.0856. The molecule has 1 fully saturated rings. The molecule has 1 aromatic heterocycles. The van der Waals surface area contributed by atoms with Crippen molar-refractivity contribution in [1.82, 2.24) is 10.1 Å². The maximum atomic E-state index is 13.0. The molecule has 0 spiro atoms. The number of rotatable bonds is 3. The van der Waals surface area contributed by atoms with E-state index in [9.17, 15) is 9.18 Å². The predicted octanol–water partition coefficient (Wildman–Crippen LogP) is 3.91. The van der Waals surface area contributed by atoms with Gasteiger partial charge < -0.3 is 9.42 Å². The Morgan fingerprint density at radius 1 is 1.36 bits per heavy atom. The van der Waals surface area contributed by atoms with Crippen LogP contribution in [0.15, 0.2) is 34.9 Å². The summed E-state index contributed by atoms with van der Waals surface area (Å²) in [7, 11) is 0. The molecule has 0 saturated carbocycles. The molecule has 0 aliphatic carbocycles. The molecule has 0 bridgehead atoms. The number of carbonyl (C=O) groups is 1. The average Bonchev–Trinajstić information content (AvgIpc) is 3.16. The smallest absolute Gasteiger partial charge is 0.254 e. The zero-order valence-electron chi connectivity index (χ0n) is 12.8. The summed E-state index contributed by atoms with van der Waals surface area (Å²) in [6.45, 7) is 4.79. The quantitative estimate of drug-likeness (QED) is 0.863. The fourth-order valence-electron chi connectivity index (χ4n) is 2.80. The monoisotopic (exact) mass is 302 g/mol. The number of amides is 1. The van der Waals surface area contributed by atoms with Crippen LogP contribution in [0.4, 0.5) is 4.39 Å². The molecule has 1 aliphatic heterocycles. The van der Waals surface area contributed by atoms with Crippen LogP contribution in [0.5, 0.6) is 0 Å². The van der Waals surface area contributed by atoms with Gasteiger partial charge in [0.25, 0.3) is 5.91 Å². The lowest BCUT2D eigenvalue weighted by atomic mass is 10.1. The van der Waals surface area contributed by atoms with Crippen molar-refractivity contribution in [1.29, 1.82) is 0 Å². The lowest BCUT2D eigenvalue weighted by Crippen LogP contribution is -2.30. The zero-order valence-corrected chi connectivity index (χ0v) is 12.8. The minimum atomic E-state index is -0.341. The molecular formula is C17H19FN2O2. The minimum Gasteiger partial charge on any atom is -0.359 e. The third kappa shape index (κ3) is 2.75. The van der Waals surface area contributed by atoms with Crippen LogP contribution in [-0.2, 0) is 0 Å². The van der Waals surface area contributed by atoms with E-state index in [1.54, 1.807) is 4.90 Å². The van der Waals surface area contributed by atoms with Gasteiger partial charge in [-0.15, -0.1) is 0 Å². The molecule has 1 unspecified atom stereocenters. The van der Waals surface area contributed by atoms with Crippen LogP contribution in [-0.4, -0.2) is 22.5 Å². The van der Waals surface area contributed by atoms with Crippen molar-refractivity contribution in [2.45, 2.75) is 38.6 Å². The van der Waals surface area contributed by atoms with Crippen molar-refractivity contribution < 1.29 is 13.7 Å². The van der Waals surface area contributed by atoms with Crippen LogP contribution in [0.25, 0.3) is 0 Å². The Hall–Kier alpha value is -2.17. The van der Waals surface area contributed by atoms with Crippen LogP contribution in [0.2, 0.25) is 0 Å². The second-order valence-corrected chi connectivity index (χ2v) is 5.97. The van der Waals surface area contributed by atoms with E-state index in [0.717, 1.165) is 24.3 Å². The predicted molar refractivity (Wildman–Crippen MR) is 80.0 cm³/mol. The topological polar surface area (TPSA) is 46.3 Å². The molecule has 4 nitrogen and oxygen atoms in total. The molecule has 3 rings (SSSR count). The Morgan fingerprint density at radius 2 is 2.09 bits per heavy atom. The summed E-state index contributed by atoms with van der Waals surface area (Å²) < 4.78 is 18.4. The van der Waals surface area contributed by atoms with Gasteiger partial charge >= 0.3 is 0 Å². The van der Waals surface area contributed by atoms with Gasteiger partial charge in [-0.2, -0.15) is 0 Å². The first-order valence-corrected chi connectivity index (χ1v) is 7.59. The standard InChI is InChI=1S/C17H19FN2O2/c1-11(2)14-10-16(22-19-14)15-4-3-9-20(15)17(21)12-5-7-13(18)8-6-12/h5-8,10-11,15H,3-4,9H2,1-2H3. The van der Waals surface area contributed by atoms with Gasteiger partial charge in [-0.1, -0.05) is 19.0 Å². The molecule has 0 N–H and O–H groups in total. The van der Waals surface area contributed by atoms with Crippen molar-refractivity contribution >= 4 is 5.91 Å². The first-order chi connectivity index (χ1) is 10.6. The van der Waals surface area contributed by atoms with Crippen LogP contribution < -0.4 is 0 Å². The zero-order chi connectivity index (χ0) is 15.7. The molecule has 22 heavy (non-hydrogen) atoms. The lowest BCUT2D eigenvalue weighted by molar-refractivity contribution is 0.0714. The number of hydrogen-bond acceptors (Lipinski definition) is 3. The molecule has 1 atom stereocenters. The summed E-state index contributed by atoms with van der Waals surface area (Å²) in [6.07, 6.45) is 1.79. The van der Waals surface area contributed by atoms with E-state index in [2.05, 4.69) is 19.0 Å². The summed E-state index contributed by atoms with van der Waals surface area (Å²) >= 11 is 0. The molecule has 1 saturated heterocycles. The molecular weight excluding hydrogens is 283 g/mol. The maximum absolute atomic E-state index is 13.0. The fraction of sp³-hybridized carbons (Fsp3) is 0.412. The van der Waals surface area contributed by atoms with Gasteiger partial charge in [0.1, 0.15) is 5.82 Å². The van der Waals surface area contributed by atoms with Crippen molar-refractivity contribution in [3.63, 3.8) is 0 Å². The van der Waals surface area contributed by atoms with Crippen molar-refractivity contribution in [3.8, 4) is 0 Å². The maximum Gasteiger partial charge on any atom is 0.254 e. The Labute approximate surface area is 128 Å². The number of halogens is 1. The van der Waals surface area contributed by atoms with Gasteiger partial charge in [-0.3, -0.25) is 4.79 Å². The van der Waals surface area contributed by atoms with Gasteiger partial charge in [-0.25, -0.2) is 4.39 Å². The number of carbonyl (C=O) groups excluding carboxylic acids is 1. The van der Waals surface area contributed by atoms with Gasteiger partial charge in [0.15, 0.2) is 5.76 Å². The third-order valence-corrected chi connectivity index (χ3v) is 4.07. The van der Waals surface area contributed by atoms with Crippen LogP contribution in [0.3, 0.4) is 0 Å². The Morgan fingerprint density at radius 3 is 2.73 bits per heavy atom. The highest BCUT2D eigenvalue weighted by atomic mass is 19.1. The SMILES string of the molecule is CC(C)c1cc(C2CCCN2C(=O)c2ccc(F)cc2)on1.